The van der Waals surface area contributed by atoms with Crippen LogP contribution in [-0.4, -0.2) is 65.8 Å². The summed E-state index contributed by atoms with van der Waals surface area (Å²) >= 11 is 6.21. The number of nitrogens with zero attached hydrogens (tertiary/aromatic N) is 5. The van der Waals surface area contributed by atoms with E-state index in [-0.39, 0.29) is 47.6 Å². The minimum Gasteiger partial charge on any atom is -0.355 e. The first-order valence-corrected chi connectivity index (χ1v) is 14.8. The molecule has 3 heterocycles. The highest BCUT2D eigenvalue weighted by atomic mass is 35.5. The summed E-state index contributed by atoms with van der Waals surface area (Å²) in [4.78, 5) is 22.7. The predicted molar refractivity (Wildman–Crippen MR) is 152 cm³/mol. The second-order valence-electron chi connectivity index (χ2n) is 10.1. The molecule has 10 nitrogen and oxygen atoms in total. The lowest BCUT2D eigenvalue weighted by Crippen LogP contribution is -2.36. The van der Waals surface area contributed by atoms with E-state index in [0.717, 1.165) is 55.7 Å². The highest BCUT2D eigenvalue weighted by Crippen LogP contribution is 2.45. The first kappa shape index (κ1) is 28.4. The monoisotopic (exact) mass is 581 g/mol. The molecule has 1 aromatic carbocycles. The standard InChI is InChI=1S/C25H32ClN7O3S.ClH/c1-4-32(25(34)19-11-17(26)7-8-20(19)30-37(3,35)36)23(16-5-6-16)21-12-22-28-24(15(2)13-33(22)29-21)31-10-9-18(27)14-31;/h7-8,11-13,16,18,23,30H,4-6,9-10,14,27H2,1-3H3;1H/t18-,23-;/m0./s1. The minimum atomic E-state index is -3.59. The van der Waals surface area contributed by atoms with Crippen LogP contribution < -0.4 is 15.4 Å². The maximum Gasteiger partial charge on any atom is 0.256 e. The van der Waals surface area contributed by atoms with Gasteiger partial charge in [0.15, 0.2) is 5.65 Å². The van der Waals surface area contributed by atoms with Crippen LogP contribution in [0, 0.1) is 12.8 Å². The van der Waals surface area contributed by atoms with Crippen LogP contribution in [0.1, 0.15) is 53.8 Å². The summed E-state index contributed by atoms with van der Waals surface area (Å²) in [5.74, 6) is 0.867. The van der Waals surface area contributed by atoms with Gasteiger partial charge in [-0.1, -0.05) is 11.6 Å². The van der Waals surface area contributed by atoms with Gasteiger partial charge in [-0.05, 0) is 57.2 Å². The molecular formula is C25H33Cl2N7O3S. The number of nitrogens with two attached hydrogens (primary N) is 1. The topological polar surface area (TPSA) is 126 Å². The van der Waals surface area contributed by atoms with Gasteiger partial charge in [-0.3, -0.25) is 9.52 Å². The van der Waals surface area contributed by atoms with Crippen LogP contribution in [-0.2, 0) is 10.0 Å². The van der Waals surface area contributed by atoms with Crippen molar-refractivity contribution in [2.24, 2.45) is 11.7 Å². The van der Waals surface area contributed by atoms with E-state index in [0.29, 0.717) is 17.2 Å². The Labute approximate surface area is 234 Å². The predicted octanol–water partition coefficient (Wildman–Crippen LogP) is 3.64. The third-order valence-corrected chi connectivity index (χ3v) is 7.79. The number of hydrogen-bond donors (Lipinski definition) is 2. The molecule has 0 spiro atoms. The van der Waals surface area contributed by atoms with Gasteiger partial charge in [-0.25, -0.2) is 17.9 Å². The number of halogens is 2. The van der Waals surface area contributed by atoms with Gasteiger partial charge >= 0.3 is 0 Å². The van der Waals surface area contributed by atoms with Crippen molar-refractivity contribution in [3.05, 3.63) is 52.3 Å². The molecule has 0 bridgehead atoms. The average molecular weight is 583 g/mol. The molecule has 3 N–H and O–H groups in total. The number of aryl methyl sites for hydroxylation is 1. The van der Waals surface area contributed by atoms with Gasteiger partial charge in [-0.15, -0.1) is 12.4 Å². The second-order valence-corrected chi connectivity index (χ2v) is 12.2. The zero-order valence-corrected chi connectivity index (χ0v) is 24.0. The van der Waals surface area contributed by atoms with Crippen molar-refractivity contribution in [1.82, 2.24) is 19.5 Å². The van der Waals surface area contributed by atoms with E-state index in [2.05, 4.69) is 9.62 Å². The van der Waals surface area contributed by atoms with Gasteiger partial charge in [0.05, 0.1) is 29.2 Å². The Morgan fingerprint density at radius 1 is 1.29 bits per heavy atom. The normalized spacial score (nSPS) is 18.3. The Bertz CT molecular complexity index is 1460. The molecule has 1 aliphatic carbocycles. The average Bonchev–Trinajstić information content (AvgIpc) is 3.44. The molecule has 0 radical (unpaired) electrons. The van der Waals surface area contributed by atoms with Crippen LogP contribution in [0.4, 0.5) is 11.5 Å². The van der Waals surface area contributed by atoms with Crippen molar-refractivity contribution in [2.75, 3.05) is 35.5 Å². The summed E-state index contributed by atoms with van der Waals surface area (Å²) < 4.78 is 28.1. The smallest absolute Gasteiger partial charge is 0.256 e. The van der Waals surface area contributed by atoms with E-state index < -0.39 is 10.0 Å². The van der Waals surface area contributed by atoms with E-state index in [1.165, 1.54) is 12.1 Å². The summed E-state index contributed by atoms with van der Waals surface area (Å²) in [5.41, 5.74) is 9.01. The molecule has 1 aliphatic heterocycles. The number of hydrogen-bond acceptors (Lipinski definition) is 7. The van der Waals surface area contributed by atoms with Crippen molar-refractivity contribution in [1.29, 1.82) is 0 Å². The van der Waals surface area contributed by atoms with E-state index in [9.17, 15) is 13.2 Å². The summed E-state index contributed by atoms with van der Waals surface area (Å²) in [5, 5.41) is 5.19. The molecule has 1 saturated carbocycles. The van der Waals surface area contributed by atoms with Crippen LogP contribution in [0.5, 0.6) is 0 Å². The van der Waals surface area contributed by atoms with Crippen LogP contribution in [0.3, 0.4) is 0 Å². The highest BCUT2D eigenvalue weighted by molar-refractivity contribution is 7.92. The molecule has 1 saturated heterocycles. The SMILES string of the molecule is CCN(C(=O)c1cc(Cl)ccc1NS(C)(=O)=O)[C@H](c1cc2nc(N3CC[C@H](N)C3)c(C)cn2n1)C1CC1.Cl. The fourth-order valence-electron chi connectivity index (χ4n) is 5.13. The van der Waals surface area contributed by atoms with Crippen molar-refractivity contribution < 1.29 is 13.2 Å². The molecule has 0 unspecified atom stereocenters. The zero-order valence-electron chi connectivity index (χ0n) is 21.6. The molecule has 5 rings (SSSR count). The van der Waals surface area contributed by atoms with E-state index in [1.807, 2.05) is 26.1 Å². The number of rotatable bonds is 8. The quantitative estimate of drug-likeness (QED) is 0.416. The maximum atomic E-state index is 13.9. The van der Waals surface area contributed by atoms with Gasteiger partial charge < -0.3 is 15.5 Å². The molecule has 1 amide bonds. The molecule has 2 atom stereocenters. The lowest BCUT2D eigenvalue weighted by Gasteiger charge is -2.30. The molecule has 2 fully saturated rings. The highest BCUT2D eigenvalue weighted by Gasteiger charge is 2.40. The number of fused-ring (bicyclic) bond motifs is 1. The summed E-state index contributed by atoms with van der Waals surface area (Å²) in [7, 11) is -3.59. The largest absolute Gasteiger partial charge is 0.355 e. The van der Waals surface area contributed by atoms with Crippen LogP contribution in [0.2, 0.25) is 5.02 Å². The lowest BCUT2D eigenvalue weighted by atomic mass is 10.0. The summed E-state index contributed by atoms with van der Waals surface area (Å²) in [6, 6.07) is 6.40. The van der Waals surface area contributed by atoms with Crippen LogP contribution in [0.15, 0.2) is 30.5 Å². The summed E-state index contributed by atoms with van der Waals surface area (Å²) in [6.45, 7) is 5.99. The fraction of sp³-hybridized carbons (Fsp3) is 0.480. The number of benzene rings is 1. The summed E-state index contributed by atoms with van der Waals surface area (Å²) in [6.07, 6.45) is 5.92. The first-order chi connectivity index (χ1) is 17.5. The fourth-order valence-corrected chi connectivity index (χ4v) is 5.88. The maximum absolute atomic E-state index is 13.9. The van der Waals surface area contributed by atoms with Gasteiger partial charge in [0.2, 0.25) is 10.0 Å². The van der Waals surface area contributed by atoms with Crippen molar-refractivity contribution in [2.45, 2.75) is 45.2 Å². The van der Waals surface area contributed by atoms with Gasteiger partial charge in [0.25, 0.3) is 5.91 Å². The Hall–Kier alpha value is -2.60. The van der Waals surface area contributed by atoms with E-state index >= 15 is 0 Å². The molecular weight excluding hydrogens is 549 g/mol. The number of amides is 1. The Morgan fingerprint density at radius 2 is 2.03 bits per heavy atom. The van der Waals surface area contributed by atoms with Gasteiger partial charge in [0.1, 0.15) is 5.82 Å². The minimum absolute atomic E-state index is 0. The van der Waals surface area contributed by atoms with Crippen LogP contribution >= 0.6 is 24.0 Å². The molecule has 38 heavy (non-hydrogen) atoms. The third-order valence-electron chi connectivity index (χ3n) is 6.96. The molecule has 2 aliphatic rings. The van der Waals surface area contributed by atoms with Gasteiger partial charge in [-0.2, -0.15) is 5.10 Å². The number of aromatic nitrogens is 3. The van der Waals surface area contributed by atoms with Crippen LogP contribution in [0.25, 0.3) is 5.65 Å². The number of carbonyl (C=O) groups excluding carboxylic acids is 1. The number of nitrogens with one attached hydrogen (secondary N) is 1. The van der Waals surface area contributed by atoms with E-state index in [1.54, 1.807) is 15.5 Å². The second kappa shape index (κ2) is 10.9. The number of sulfonamides is 1. The molecule has 3 aromatic rings. The van der Waals surface area contributed by atoms with Crippen molar-refractivity contribution in [3.8, 4) is 0 Å². The Balaban J connectivity index is 0.00000336. The van der Waals surface area contributed by atoms with Crippen molar-refractivity contribution in [3.63, 3.8) is 0 Å². The lowest BCUT2D eigenvalue weighted by molar-refractivity contribution is 0.0661. The molecule has 13 heteroatoms. The molecule has 2 aromatic heterocycles. The van der Waals surface area contributed by atoms with E-state index in [4.69, 9.17) is 27.4 Å². The Kier molecular flexibility index (Phi) is 8.13. The number of anilines is 2. The third kappa shape index (κ3) is 5.85. The Morgan fingerprint density at radius 3 is 2.63 bits per heavy atom. The molecule has 206 valence electrons. The number of carbonyl (C=O) groups is 1. The zero-order chi connectivity index (χ0) is 26.5. The first-order valence-electron chi connectivity index (χ1n) is 12.5. The van der Waals surface area contributed by atoms with Crippen molar-refractivity contribution >= 4 is 57.1 Å². The van der Waals surface area contributed by atoms with Gasteiger partial charge in [0, 0.05) is 48.5 Å².